The number of rotatable bonds is 8. The first-order valence-electron chi connectivity index (χ1n) is 9.62. The van der Waals surface area contributed by atoms with E-state index in [1.54, 1.807) is 12.1 Å². The third-order valence-electron chi connectivity index (χ3n) is 4.75. The second-order valence-corrected chi connectivity index (χ2v) is 10.6. The maximum Gasteiger partial charge on any atom is 0.241 e. The zero-order valence-corrected chi connectivity index (χ0v) is 20.7. The fraction of sp³-hybridized carbons (Fsp3) is 0.174. The van der Waals surface area contributed by atoms with Crippen molar-refractivity contribution in [3.63, 3.8) is 0 Å². The van der Waals surface area contributed by atoms with Crippen molar-refractivity contribution in [3.8, 4) is 0 Å². The van der Waals surface area contributed by atoms with Crippen LogP contribution in [0.4, 0.5) is 0 Å². The van der Waals surface area contributed by atoms with Gasteiger partial charge in [0, 0.05) is 8.95 Å². The fourth-order valence-corrected chi connectivity index (χ4v) is 4.78. The molecule has 3 aromatic carbocycles. The highest BCUT2D eigenvalue weighted by Crippen LogP contribution is 2.18. The Labute approximate surface area is 199 Å². The number of hydrogen-bond acceptors (Lipinski definition) is 3. The SMILES string of the molecule is C[C@H](NC(=O)[C@@H](Cc1ccccc1)NS(=O)(=O)c1ccc(Br)cc1)c1ccc(Br)cc1. The monoisotopic (exact) mass is 564 g/mol. The minimum Gasteiger partial charge on any atom is -0.348 e. The van der Waals surface area contributed by atoms with Gasteiger partial charge in [0.15, 0.2) is 0 Å². The molecule has 3 aromatic rings. The van der Waals surface area contributed by atoms with Crippen LogP contribution in [-0.2, 0) is 21.2 Å². The molecule has 2 atom stereocenters. The van der Waals surface area contributed by atoms with E-state index in [4.69, 9.17) is 0 Å². The van der Waals surface area contributed by atoms with Gasteiger partial charge in [0.1, 0.15) is 6.04 Å². The zero-order valence-electron chi connectivity index (χ0n) is 16.8. The van der Waals surface area contributed by atoms with E-state index in [1.165, 1.54) is 12.1 Å². The number of halogens is 2. The van der Waals surface area contributed by atoms with Gasteiger partial charge in [-0.1, -0.05) is 74.3 Å². The topological polar surface area (TPSA) is 75.3 Å². The molecule has 0 aliphatic rings. The van der Waals surface area contributed by atoms with Gasteiger partial charge < -0.3 is 5.32 Å². The van der Waals surface area contributed by atoms with Crippen molar-refractivity contribution in [2.75, 3.05) is 0 Å². The summed E-state index contributed by atoms with van der Waals surface area (Å²) in [5, 5.41) is 2.93. The highest BCUT2D eigenvalue weighted by molar-refractivity contribution is 9.10. The number of carbonyl (C=O) groups is 1. The first kappa shape index (κ1) is 23.7. The van der Waals surface area contributed by atoms with E-state index in [0.29, 0.717) is 0 Å². The summed E-state index contributed by atoms with van der Waals surface area (Å²) in [5.41, 5.74) is 1.78. The van der Waals surface area contributed by atoms with Crippen LogP contribution in [0.15, 0.2) is 92.7 Å². The summed E-state index contributed by atoms with van der Waals surface area (Å²) < 4.78 is 30.2. The molecule has 0 aliphatic heterocycles. The molecule has 0 saturated carbocycles. The number of nitrogens with one attached hydrogen (secondary N) is 2. The van der Waals surface area contributed by atoms with E-state index in [2.05, 4.69) is 41.9 Å². The van der Waals surface area contributed by atoms with E-state index in [-0.39, 0.29) is 23.3 Å². The molecular formula is C23H22Br2N2O3S. The van der Waals surface area contributed by atoms with Crippen LogP contribution in [0.25, 0.3) is 0 Å². The Morgan fingerprint density at radius 2 is 1.42 bits per heavy atom. The van der Waals surface area contributed by atoms with Crippen molar-refractivity contribution in [1.82, 2.24) is 10.0 Å². The van der Waals surface area contributed by atoms with Crippen LogP contribution in [-0.4, -0.2) is 20.4 Å². The Morgan fingerprint density at radius 1 is 0.871 bits per heavy atom. The second-order valence-electron chi connectivity index (χ2n) is 7.10. The summed E-state index contributed by atoms with van der Waals surface area (Å²) in [6.45, 7) is 1.87. The van der Waals surface area contributed by atoms with Gasteiger partial charge in [-0.2, -0.15) is 4.72 Å². The first-order chi connectivity index (χ1) is 14.7. The summed E-state index contributed by atoms with van der Waals surface area (Å²) in [7, 11) is -3.89. The maximum absolute atomic E-state index is 13.1. The predicted molar refractivity (Wildman–Crippen MR) is 129 cm³/mol. The van der Waals surface area contributed by atoms with Crippen molar-refractivity contribution in [1.29, 1.82) is 0 Å². The number of amides is 1. The van der Waals surface area contributed by atoms with Crippen molar-refractivity contribution in [2.24, 2.45) is 0 Å². The van der Waals surface area contributed by atoms with Crippen LogP contribution in [0.3, 0.4) is 0 Å². The Hall–Kier alpha value is -2.00. The minimum atomic E-state index is -3.89. The van der Waals surface area contributed by atoms with Gasteiger partial charge in [-0.3, -0.25) is 4.79 Å². The molecule has 8 heteroatoms. The van der Waals surface area contributed by atoms with Crippen LogP contribution >= 0.6 is 31.9 Å². The number of benzene rings is 3. The lowest BCUT2D eigenvalue weighted by Gasteiger charge is -2.22. The van der Waals surface area contributed by atoms with E-state index in [0.717, 1.165) is 20.1 Å². The quantitative estimate of drug-likeness (QED) is 0.404. The molecule has 0 fully saturated rings. The summed E-state index contributed by atoms with van der Waals surface area (Å²) in [6.07, 6.45) is 0.232. The standard InChI is InChI=1S/C23H22Br2N2O3S/c1-16(18-7-9-19(24)10-8-18)26-23(28)22(15-17-5-3-2-4-6-17)27-31(29,30)21-13-11-20(25)12-14-21/h2-14,16,22,27H,15H2,1H3,(H,26,28)/t16-,22+/m0/s1. The molecule has 5 nitrogen and oxygen atoms in total. The predicted octanol–water partition coefficient (Wildman–Crippen LogP) is 4.98. The fourth-order valence-electron chi connectivity index (χ4n) is 3.06. The smallest absolute Gasteiger partial charge is 0.241 e. The lowest BCUT2D eigenvalue weighted by atomic mass is 10.0. The van der Waals surface area contributed by atoms with Gasteiger partial charge >= 0.3 is 0 Å². The highest BCUT2D eigenvalue weighted by atomic mass is 79.9. The summed E-state index contributed by atoms with van der Waals surface area (Å²) in [5.74, 6) is -0.389. The van der Waals surface area contributed by atoms with E-state index in [1.807, 2.05) is 61.5 Å². The zero-order chi connectivity index (χ0) is 22.4. The average molecular weight is 566 g/mol. The number of sulfonamides is 1. The first-order valence-corrected chi connectivity index (χ1v) is 12.7. The molecule has 0 aromatic heterocycles. The molecule has 31 heavy (non-hydrogen) atoms. The molecule has 0 unspecified atom stereocenters. The van der Waals surface area contributed by atoms with Gasteiger partial charge in [-0.25, -0.2) is 8.42 Å². The molecule has 0 spiro atoms. The lowest BCUT2D eigenvalue weighted by Crippen LogP contribution is -2.48. The molecular weight excluding hydrogens is 544 g/mol. The Morgan fingerprint density at radius 3 is 2.00 bits per heavy atom. The van der Waals surface area contributed by atoms with Crippen molar-refractivity contribution >= 4 is 47.8 Å². The van der Waals surface area contributed by atoms with Gasteiger partial charge in [0.2, 0.25) is 15.9 Å². The van der Waals surface area contributed by atoms with Crippen molar-refractivity contribution in [3.05, 3.63) is 98.9 Å². The Balaban J connectivity index is 1.82. The molecule has 1 amide bonds. The van der Waals surface area contributed by atoms with E-state index in [9.17, 15) is 13.2 Å². The largest absolute Gasteiger partial charge is 0.348 e. The van der Waals surface area contributed by atoms with Gasteiger partial charge in [0.05, 0.1) is 10.9 Å². The molecule has 2 N–H and O–H groups in total. The molecule has 0 saturated heterocycles. The molecule has 0 radical (unpaired) electrons. The van der Waals surface area contributed by atoms with Gasteiger partial charge in [-0.05, 0) is 60.9 Å². The van der Waals surface area contributed by atoms with Crippen LogP contribution < -0.4 is 10.0 Å². The van der Waals surface area contributed by atoms with Crippen LogP contribution in [0.2, 0.25) is 0 Å². The molecule has 3 rings (SSSR count). The summed E-state index contributed by atoms with van der Waals surface area (Å²) in [6, 6.07) is 22.0. The molecule has 0 heterocycles. The summed E-state index contributed by atoms with van der Waals surface area (Å²) >= 11 is 6.70. The van der Waals surface area contributed by atoms with Gasteiger partial charge in [-0.15, -0.1) is 0 Å². The molecule has 162 valence electrons. The van der Waals surface area contributed by atoms with E-state index < -0.39 is 16.1 Å². The molecule has 0 bridgehead atoms. The minimum absolute atomic E-state index is 0.0996. The van der Waals surface area contributed by atoms with Gasteiger partial charge in [0.25, 0.3) is 0 Å². The number of hydrogen-bond donors (Lipinski definition) is 2. The Kier molecular flexibility index (Phi) is 8.05. The number of carbonyl (C=O) groups excluding carboxylic acids is 1. The Bertz CT molecular complexity index is 1120. The molecule has 0 aliphatic carbocycles. The van der Waals surface area contributed by atoms with Crippen molar-refractivity contribution < 1.29 is 13.2 Å². The van der Waals surface area contributed by atoms with Crippen LogP contribution in [0.5, 0.6) is 0 Å². The summed E-state index contributed by atoms with van der Waals surface area (Å²) in [4.78, 5) is 13.2. The third kappa shape index (κ3) is 6.74. The normalized spacial score (nSPS) is 13.4. The average Bonchev–Trinajstić information content (AvgIpc) is 2.74. The maximum atomic E-state index is 13.1. The van der Waals surface area contributed by atoms with E-state index >= 15 is 0 Å². The van der Waals surface area contributed by atoms with Crippen LogP contribution in [0, 0.1) is 0 Å². The second kappa shape index (κ2) is 10.5. The third-order valence-corrected chi connectivity index (χ3v) is 7.29. The van der Waals surface area contributed by atoms with Crippen molar-refractivity contribution in [2.45, 2.75) is 30.3 Å². The highest BCUT2D eigenvalue weighted by Gasteiger charge is 2.27. The van der Waals surface area contributed by atoms with Crippen LogP contribution in [0.1, 0.15) is 24.1 Å². The lowest BCUT2D eigenvalue weighted by molar-refractivity contribution is -0.123.